The van der Waals surface area contributed by atoms with Crippen molar-refractivity contribution in [1.82, 2.24) is 9.97 Å². The summed E-state index contributed by atoms with van der Waals surface area (Å²) in [5, 5.41) is 0. The monoisotopic (exact) mass is 306 g/mol. The van der Waals surface area contributed by atoms with E-state index in [2.05, 4.69) is 30.7 Å². The van der Waals surface area contributed by atoms with E-state index >= 15 is 0 Å². The number of hydrogen-bond donors (Lipinski definition) is 0. The van der Waals surface area contributed by atoms with Crippen molar-refractivity contribution < 1.29 is 4.74 Å². The van der Waals surface area contributed by atoms with Crippen molar-refractivity contribution in [3.63, 3.8) is 0 Å². The van der Waals surface area contributed by atoms with Gasteiger partial charge in [0, 0.05) is 0 Å². The summed E-state index contributed by atoms with van der Waals surface area (Å²) >= 11 is 0. The molecule has 0 bridgehead atoms. The van der Waals surface area contributed by atoms with Crippen LogP contribution in [0.25, 0.3) is 0 Å². The fourth-order valence-corrected chi connectivity index (χ4v) is 2.88. The Morgan fingerprint density at radius 1 is 0.818 bits per heavy atom. The molecule has 1 rings (SSSR count). The second-order valence-corrected chi connectivity index (χ2v) is 6.60. The Hall–Kier alpha value is -1.12. The molecule has 0 spiro atoms. The summed E-state index contributed by atoms with van der Waals surface area (Å²) in [6, 6.07) is 0. The molecule has 0 aromatic carbocycles. The molecule has 1 unspecified atom stereocenters. The number of rotatable bonds is 13. The molecule has 0 aliphatic rings. The largest absolute Gasteiger partial charge is 0.484 e. The highest BCUT2D eigenvalue weighted by Gasteiger charge is 2.25. The van der Waals surface area contributed by atoms with Crippen LogP contribution in [0.3, 0.4) is 0 Å². The predicted molar refractivity (Wildman–Crippen MR) is 93.2 cm³/mol. The molecule has 1 heterocycles. The van der Waals surface area contributed by atoms with Crippen molar-refractivity contribution in [3.8, 4) is 5.75 Å². The zero-order chi connectivity index (χ0) is 16.1. The Morgan fingerprint density at radius 2 is 1.32 bits per heavy atom. The number of aromatic nitrogens is 2. The van der Waals surface area contributed by atoms with Crippen LogP contribution >= 0.6 is 0 Å². The van der Waals surface area contributed by atoms with Crippen LogP contribution in [0.1, 0.15) is 91.4 Å². The average molecular weight is 306 g/mol. The molecule has 126 valence electrons. The molecule has 0 saturated carbocycles. The van der Waals surface area contributed by atoms with E-state index in [1.165, 1.54) is 57.8 Å². The molecule has 0 N–H and O–H groups in total. The zero-order valence-corrected chi connectivity index (χ0v) is 14.8. The minimum Gasteiger partial charge on any atom is -0.484 e. The molecular formula is C19H34N2O. The van der Waals surface area contributed by atoms with E-state index < -0.39 is 0 Å². The molecule has 1 aromatic heterocycles. The first-order valence-electron chi connectivity index (χ1n) is 9.14. The number of ether oxygens (including phenoxy) is 1. The third-order valence-corrected chi connectivity index (χ3v) is 4.27. The third kappa shape index (κ3) is 8.35. The second-order valence-electron chi connectivity index (χ2n) is 6.60. The number of unbranched alkanes of at least 4 members (excludes halogenated alkanes) is 7. The Labute approximate surface area is 136 Å². The van der Waals surface area contributed by atoms with Crippen LogP contribution in [0, 0.1) is 0 Å². The summed E-state index contributed by atoms with van der Waals surface area (Å²) in [6.07, 6.45) is 19.0. The van der Waals surface area contributed by atoms with E-state index in [-0.39, 0.29) is 5.60 Å². The average Bonchev–Trinajstić information content (AvgIpc) is 2.52. The van der Waals surface area contributed by atoms with Gasteiger partial charge in [-0.3, -0.25) is 0 Å². The minimum absolute atomic E-state index is 0.0787. The summed E-state index contributed by atoms with van der Waals surface area (Å²) in [7, 11) is 0. The SMILES string of the molecule is CCCCCCCC(C)(CCCCCC)Oc1cncnc1. The van der Waals surface area contributed by atoms with Crippen molar-refractivity contribution in [2.45, 2.75) is 97.0 Å². The van der Waals surface area contributed by atoms with Crippen molar-refractivity contribution >= 4 is 0 Å². The lowest BCUT2D eigenvalue weighted by molar-refractivity contribution is 0.0629. The molecule has 0 radical (unpaired) electrons. The zero-order valence-electron chi connectivity index (χ0n) is 14.8. The second kappa shape index (κ2) is 11.4. The maximum absolute atomic E-state index is 6.26. The van der Waals surface area contributed by atoms with Gasteiger partial charge in [-0.1, -0.05) is 58.8 Å². The summed E-state index contributed by atoms with van der Waals surface area (Å²) in [5.41, 5.74) is -0.0787. The molecule has 22 heavy (non-hydrogen) atoms. The highest BCUT2D eigenvalue weighted by Crippen LogP contribution is 2.28. The fraction of sp³-hybridized carbons (Fsp3) is 0.789. The summed E-state index contributed by atoms with van der Waals surface area (Å²) in [6.45, 7) is 6.77. The van der Waals surface area contributed by atoms with Crippen LogP contribution in [0.2, 0.25) is 0 Å². The highest BCUT2D eigenvalue weighted by atomic mass is 16.5. The van der Waals surface area contributed by atoms with Gasteiger partial charge in [-0.05, 0) is 32.6 Å². The van der Waals surface area contributed by atoms with Crippen LogP contribution in [0.5, 0.6) is 5.75 Å². The lowest BCUT2D eigenvalue weighted by Crippen LogP contribution is -2.32. The quantitative estimate of drug-likeness (QED) is 0.423. The Bertz CT molecular complexity index is 369. The Morgan fingerprint density at radius 3 is 1.86 bits per heavy atom. The first-order chi connectivity index (χ1) is 10.7. The minimum atomic E-state index is -0.0787. The summed E-state index contributed by atoms with van der Waals surface area (Å²) < 4.78 is 6.26. The van der Waals surface area contributed by atoms with E-state index in [1.54, 1.807) is 18.7 Å². The van der Waals surface area contributed by atoms with Crippen LogP contribution in [-0.2, 0) is 0 Å². The molecule has 0 saturated heterocycles. The van der Waals surface area contributed by atoms with Gasteiger partial charge in [0.1, 0.15) is 11.9 Å². The van der Waals surface area contributed by atoms with Gasteiger partial charge in [-0.15, -0.1) is 0 Å². The van der Waals surface area contributed by atoms with Gasteiger partial charge < -0.3 is 4.74 Å². The number of hydrogen-bond acceptors (Lipinski definition) is 3. The Kier molecular flexibility index (Phi) is 9.85. The van der Waals surface area contributed by atoms with Crippen molar-refractivity contribution in [3.05, 3.63) is 18.7 Å². The van der Waals surface area contributed by atoms with Gasteiger partial charge in [0.25, 0.3) is 0 Å². The van der Waals surface area contributed by atoms with E-state index in [0.717, 1.165) is 18.6 Å². The van der Waals surface area contributed by atoms with Crippen LogP contribution in [0.15, 0.2) is 18.7 Å². The third-order valence-electron chi connectivity index (χ3n) is 4.27. The van der Waals surface area contributed by atoms with Crippen LogP contribution < -0.4 is 4.74 Å². The maximum atomic E-state index is 6.26. The Balaban J connectivity index is 2.47. The van der Waals surface area contributed by atoms with Crippen molar-refractivity contribution in [2.24, 2.45) is 0 Å². The van der Waals surface area contributed by atoms with Gasteiger partial charge in [-0.2, -0.15) is 0 Å². The molecular weight excluding hydrogens is 272 g/mol. The summed E-state index contributed by atoms with van der Waals surface area (Å²) in [4.78, 5) is 8.13. The first-order valence-corrected chi connectivity index (χ1v) is 9.14. The van der Waals surface area contributed by atoms with Gasteiger partial charge in [0.05, 0.1) is 12.4 Å². The predicted octanol–water partition coefficient (Wildman–Crippen LogP) is 5.95. The van der Waals surface area contributed by atoms with E-state index in [4.69, 9.17) is 4.74 Å². The fourth-order valence-electron chi connectivity index (χ4n) is 2.88. The van der Waals surface area contributed by atoms with E-state index in [9.17, 15) is 0 Å². The molecule has 0 amide bonds. The summed E-state index contributed by atoms with van der Waals surface area (Å²) in [5.74, 6) is 0.800. The molecule has 1 atom stereocenters. The van der Waals surface area contributed by atoms with E-state index in [1.807, 2.05) is 0 Å². The lowest BCUT2D eigenvalue weighted by atomic mass is 9.91. The molecule has 1 aromatic rings. The standard InChI is InChI=1S/C19H34N2O/c1-4-6-8-10-12-14-19(3,13-11-9-7-5-2)22-18-15-20-17-21-16-18/h15-17H,4-14H2,1-3H3. The van der Waals surface area contributed by atoms with Crippen molar-refractivity contribution in [2.75, 3.05) is 0 Å². The van der Waals surface area contributed by atoms with Crippen LogP contribution in [0.4, 0.5) is 0 Å². The molecule has 3 nitrogen and oxygen atoms in total. The maximum Gasteiger partial charge on any atom is 0.156 e. The van der Waals surface area contributed by atoms with Crippen molar-refractivity contribution in [1.29, 1.82) is 0 Å². The smallest absolute Gasteiger partial charge is 0.156 e. The topological polar surface area (TPSA) is 35.0 Å². The lowest BCUT2D eigenvalue weighted by Gasteiger charge is -2.31. The highest BCUT2D eigenvalue weighted by molar-refractivity contribution is 5.11. The van der Waals surface area contributed by atoms with Gasteiger partial charge in [0.15, 0.2) is 5.75 Å². The normalized spacial score (nSPS) is 13.8. The van der Waals surface area contributed by atoms with Gasteiger partial charge >= 0.3 is 0 Å². The van der Waals surface area contributed by atoms with Crippen LogP contribution in [-0.4, -0.2) is 15.6 Å². The first kappa shape index (κ1) is 18.9. The van der Waals surface area contributed by atoms with Gasteiger partial charge in [-0.25, -0.2) is 9.97 Å². The molecule has 0 fully saturated rings. The molecule has 0 aliphatic carbocycles. The van der Waals surface area contributed by atoms with Gasteiger partial charge in [0.2, 0.25) is 0 Å². The molecule has 3 heteroatoms. The molecule has 0 aliphatic heterocycles. The number of nitrogens with zero attached hydrogens (tertiary/aromatic N) is 2. The van der Waals surface area contributed by atoms with E-state index in [0.29, 0.717) is 0 Å².